The molecule has 0 unspecified atom stereocenters. The standard InChI is InChI=1S/C19H15N5O2/c1-26-17-9-5-4-8-15(17)22-18(25)16-10-11-21-19(24-16)23-14-7-3-2-6-13(14)12-20/h2-11H,1H3,(H,22,25)(H,21,23,24). The second kappa shape index (κ2) is 7.77. The quantitative estimate of drug-likeness (QED) is 0.735. The van der Waals surface area contributed by atoms with Gasteiger partial charge >= 0.3 is 0 Å². The van der Waals surface area contributed by atoms with Gasteiger partial charge in [0.1, 0.15) is 17.5 Å². The van der Waals surface area contributed by atoms with Crippen LogP contribution >= 0.6 is 0 Å². The fourth-order valence-electron chi connectivity index (χ4n) is 2.29. The van der Waals surface area contributed by atoms with Gasteiger partial charge < -0.3 is 15.4 Å². The fraction of sp³-hybridized carbons (Fsp3) is 0.0526. The number of nitrogens with zero attached hydrogens (tertiary/aromatic N) is 3. The van der Waals surface area contributed by atoms with Gasteiger partial charge in [-0.25, -0.2) is 9.97 Å². The summed E-state index contributed by atoms with van der Waals surface area (Å²) in [4.78, 5) is 20.8. The van der Waals surface area contributed by atoms with Crippen molar-refractivity contribution in [3.05, 3.63) is 72.1 Å². The molecule has 26 heavy (non-hydrogen) atoms. The van der Waals surface area contributed by atoms with Crippen LogP contribution in [0.3, 0.4) is 0 Å². The molecule has 0 saturated heterocycles. The topological polar surface area (TPSA) is 99.9 Å². The van der Waals surface area contributed by atoms with E-state index in [4.69, 9.17) is 10.00 Å². The highest BCUT2D eigenvalue weighted by Crippen LogP contribution is 2.23. The van der Waals surface area contributed by atoms with E-state index in [1.165, 1.54) is 19.4 Å². The number of para-hydroxylation sites is 3. The molecule has 7 heteroatoms. The first-order chi connectivity index (χ1) is 12.7. The molecule has 1 heterocycles. The molecular formula is C19H15N5O2. The van der Waals surface area contributed by atoms with Crippen LogP contribution in [-0.4, -0.2) is 23.0 Å². The number of anilines is 3. The zero-order valence-electron chi connectivity index (χ0n) is 13.9. The summed E-state index contributed by atoms with van der Waals surface area (Å²) in [6.07, 6.45) is 1.47. The van der Waals surface area contributed by atoms with E-state index in [1.807, 2.05) is 6.07 Å². The molecule has 0 aliphatic rings. The van der Waals surface area contributed by atoms with Crippen LogP contribution in [0.25, 0.3) is 0 Å². The van der Waals surface area contributed by atoms with Gasteiger partial charge in [-0.05, 0) is 30.3 Å². The predicted octanol–water partition coefficient (Wildman–Crippen LogP) is 3.35. The van der Waals surface area contributed by atoms with Gasteiger partial charge in [0.15, 0.2) is 0 Å². The Kier molecular flexibility index (Phi) is 5.05. The highest BCUT2D eigenvalue weighted by molar-refractivity contribution is 6.03. The van der Waals surface area contributed by atoms with E-state index in [9.17, 15) is 4.79 Å². The third-order valence-corrected chi connectivity index (χ3v) is 3.54. The first-order valence-electron chi connectivity index (χ1n) is 7.75. The Morgan fingerprint density at radius 3 is 2.58 bits per heavy atom. The Balaban J connectivity index is 1.81. The van der Waals surface area contributed by atoms with Crippen LogP contribution in [0.2, 0.25) is 0 Å². The second-order valence-electron chi connectivity index (χ2n) is 5.20. The van der Waals surface area contributed by atoms with Crippen LogP contribution in [0.5, 0.6) is 5.75 Å². The summed E-state index contributed by atoms with van der Waals surface area (Å²) < 4.78 is 5.22. The largest absolute Gasteiger partial charge is 0.495 e. The normalized spacial score (nSPS) is 9.85. The summed E-state index contributed by atoms with van der Waals surface area (Å²) in [6, 6.07) is 17.7. The number of carbonyl (C=O) groups excluding carboxylic acids is 1. The number of nitriles is 1. The number of amides is 1. The monoisotopic (exact) mass is 345 g/mol. The first-order valence-corrected chi connectivity index (χ1v) is 7.75. The predicted molar refractivity (Wildman–Crippen MR) is 97.4 cm³/mol. The molecule has 0 radical (unpaired) electrons. The molecule has 0 spiro atoms. The van der Waals surface area contributed by atoms with E-state index in [0.717, 1.165) is 0 Å². The highest BCUT2D eigenvalue weighted by Gasteiger charge is 2.12. The van der Waals surface area contributed by atoms with Crippen LogP contribution < -0.4 is 15.4 Å². The van der Waals surface area contributed by atoms with Crippen LogP contribution in [-0.2, 0) is 0 Å². The zero-order chi connectivity index (χ0) is 18.4. The number of nitrogens with one attached hydrogen (secondary N) is 2. The van der Waals surface area contributed by atoms with E-state index >= 15 is 0 Å². The number of hydrogen-bond donors (Lipinski definition) is 2. The maximum atomic E-state index is 12.5. The minimum Gasteiger partial charge on any atom is -0.495 e. The lowest BCUT2D eigenvalue weighted by molar-refractivity contribution is 0.102. The van der Waals surface area contributed by atoms with Gasteiger partial charge in [0, 0.05) is 6.20 Å². The maximum absolute atomic E-state index is 12.5. The van der Waals surface area contributed by atoms with E-state index in [2.05, 4.69) is 26.7 Å². The van der Waals surface area contributed by atoms with E-state index < -0.39 is 5.91 Å². The molecule has 2 aromatic carbocycles. The van der Waals surface area contributed by atoms with Gasteiger partial charge in [0.2, 0.25) is 5.95 Å². The molecule has 0 aliphatic heterocycles. The molecular weight excluding hydrogens is 330 g/mol. The number of ether oxygens (including phenoxy) is 1. The molecule has 0 bridgehead atoms. The van der Waals surface area contributed by atoms with Gasteiger partial charge in [0.25, 0.3) is 5.91 Å². The third-order valence-electron chi connectivity index (χ3n) is 3.54. The molecule has 0 fully saturated rings. The lowest BCUT2D eigenvalue weighted by Crippen LogP contribution is -2.15. The molecule has 1 amide bonds. The van der Waals surface area contributed by atoms with Crippen molar-refractivity contribution < 1.29 is 9.53 Å². The third kappa shape index (κ3) is 3.76. The maximum Gasteiger partial charge on any atom is 0.274 e. The van der Waals surface area contributed by atoms with Crippen molar-refractivity contribution in [1.82, 2.24) is 9.97 Å². The minimum atomic E-state index is -0.395. The summed E-state index contributed by atoms with van der Waals surface area (Å²) in [6.45, 7) is 0. The number of aromatic nitrogens is 2. The second-order valence-corrected chi connectivity index (χ2v) is 5.20. The Bertz CT molecular complexity index is 981. The molecule has 3 rings (SSSR count). The summed E-state index contributed by atoms with van der Waals surface area (Å²) in [7, 11) is 1.53. The first kappa shape index (κ1) is 16.9. The van der Waals surface area contributed by atoms with Crippen LogP contribution in [0.4, 0.5) is 17.3 Å². The Morgan fingerprint density at radius 1 is 1.08 bits per heavy atom. The van der Waals surface area contributed by atoms with E-state index in [0.29, 0.717) is 22.7 Å². The van der Waals surface area contributed by atoms with Crippen molar-refractivity contribution in [3.8, 4) is 11.8 Å². The molecule has 1 aromatic heterocycles. The van der Waals surface area contributed by atoms with E-state index in [-0.39, 0.29) is 11.6 Å². The van der Waals surface area contributed by atoms with Crippen molar-refractivity contribution in [1.29, 1.82) is 5.26 Å². The summed E-state index contributed by atoms with van der Waals surface area (Å²) in [5.41, 5.74) is 1.75. The summed E-state index contributed by atoms with van der Waals surface area (Å²) >= 11 is 0. The van der Waals surface area contributed by atoms with E-state index in [1.54, 1.807) is 42.5 Å². The number of rotatable bonds is 5. The van der Waals surface area contributed by atoms with Gasteiger partial charge in [-0.1, -0.05) is 24.3 Å². The number of carbonyl (C=O) groups is 1. The van der Waals surface area contributed by atoms with Crippen molar-refractivity contribution >= 4 is 23.2 Å². The smallest absolute Gasteiger partial charge is 0.274 e. The average molecular weight is 345 g/mol. The van der Waals surface area contributed by atoms with Crippen molar-refractivity contribution in [2.45, 2.75) is 0 Å². The average Bonchev–Trinajstić information content (AvgIpc) is 2.69. The van der Waals surface area contributed by atoms with Gasteiger partial charge in [0.05, 0.1) is 24.0 Å². The van der Waals surface area contributed by atoms with Crippen LogP contribution in [0, 0.1) is 11.3 Å². The number of methoxy groups -OCH3 is 1. The molecule has 0 saturated carbocycles. The SMILES string of the molecule is COc1ccccc1NC(=O)c1ccnc(Nc2ccccc2C#N)n1. The van der Waals surface area contributed by atoms with Gasteiger partial charge in [-0.15, -0.1) is 0 Å². The molecule has 7 nitrogen and oxygen atoms in total. The Morgan fingerprint density at radius 2 is 1.81 bits per heavy atom. The lowest BCUT2D eigenvalue weighted by Gasteiger charge is -2.10. The molecule has 2 N–H and O–H groups in total. The molecule has 0 atom stereocenters. The fourth-order valence-corrected chi connectivity index (χ4v) is 2.29. The molecule has 128 valence electrons. The van der Waals surface area contributed by atoms with Crippen molar-refractivity contribution in [2.24, 2.45) is 0 Å². The summed E-state index contributed by atoms with van der Waals surface area (Å²) in [5.74, 6) is 0.380. The molecule has 3 aromatic rings. The van der Waals surface area contributed by atoms with Gasteiger partial charge in [-0.2, -0.15) is 5.26 Å². The summed E-state index contributed by atoms with van der Waals surface area (Å²) in [5, 5.41) is 14.9. The lowest BCUT2D eigenvalue weighted by atomic mass is 10.2. The van der Waals surface area contributed by atoms with Crippen LogP contribution in [0.15, 0.2) is 60.8 Å². The number of hydrogen-bond acceptors (Lipinski definition) is 6. The Labute approximate surface area is 150 Å². The van der Waals surface area contributed by atoms with Crippen LogP contribution in [0.1, 0.15) is 16.1 Å². The zero-order valence-corrected chi connectivity index (χ0v) is 13.9. The Hall–Kier alpha value is -3.92. The molecule has 0 aliphatic carbocycles. The minimum absolute atomic E-state index is 0.183. The van der Waals surface area contributed by atoms with Crippen molar-refractivity contribution in [3.63, 3.8) is 0 Å². The number of benzene rings is 2. The highest BCUT2D eigenvalue weighted by atomic mass is 16.5. The van der Waals surface area contributed by atoms with Crippen molar-refractivity contribution in [2.75, 3.05) is 17.7 Å². The van der Waals surface area contributed by atoms with Gasteiger partial charge in [-0.3, -0.25) is 4.79 Å².